The monoisotopic (exact) mass is 1180 g/mol. The van der Waals surface area contributed by atoms with Gasteiger partial charge >= 0.3 is 0 Å². The molecule has 0 fully saturated rings. The maximum Gasteiger partial charge on any atom is 0.0711 e. The van der Waals surface area contributed by atoms with Crippen molar-refractivity contribution in [2.75, 3.05) is 0 Å². The number of hydrogen-bond acceptors (Lipinski definition) is 6. The Morgan fingerprint density at radius 2 is 0.600 bits per heavy atom. The van der Waals surface area contributed by atoms with E-state index in [1.54, 1.807) is 41.8 Å². The van der Waals surface area contributed by atoms with Gasteiger partial charge in [0.2, 0.25) is 0 Å². The topological polar surface area (TPSA) is 0 Å². The molecule has 0 aliphatic heterocycles. The Labute approximate surface area is 466 Å². The molecule has 6 heterocycles. The minimum Gasteiger partial charge on any atom is -0.139 e. The number of benzene rings is 1. The smallest absolute Gasteiger partial charge is 0.0711 e. The van der Waals surface area contributed by atoms with E-state index in [0.717, 1.165) is 12.8 Å². The molecular formula is C62H84Br2S6. The molecule has 0 amide bonds. The van der Waals surface area contributed by atoms with Gasteiger partial charge in [-0.05, 0) is 168 Å². The van der Waals surface area contributed by atoms with Gasteiger partial charge in [-0.1, -0.05) is 157 Å². The van der Waals surface area contributed by atoms with Crippen molar-refractivity contribution in [2.24, 2.45) is 0 Å². The number of thiophene rings is 6. The summed E-state index contributed by atoms with van der Waals surface area (Å²) in [5.41, 5.74) is 9.33. The second-order valence-corrected chi connectivity index (χ2v) is 29.5. The van der Waals surface area contributed by atoms with Crippen molar-refractivity contribution in [3.05, 3.63) is 76.0 Å². The van der Waals surface area contributed by atoms with E-state index in [2.05, 4.69) is 155 Å². The van der Waals surface area contributed by atoms with E-state index >= 15 is 0 Å². The second kappa shape index (κ2) is 29.8. The average molecular weight is 1180 g/mol. The van der Waals surface area contributed by atoms with Crippen LogP contribution in [0.1, 0.15) is 228 Å². The summed E-state index contributed by atoms with van der Waals surface area (Å²) >= 11 is 20.6. The summed E-state index contributed by atoms with van der Waals surface area (Å²) in [6.07, 6.45) is 38.8. The van der Waals surface area contributed by atoms with Gasteiger partial charge in [0.1, 0.15) is 0 Å². The Balaban J connectivity index is 1.34. The largest absolute Gasteiger partial charge is 0.139 e. The molecule has 0 saturated heterocycles. The molecule has 0 N–H and O–H groups in total. The molecule has 70 heavy (non-hydrogen) atoms. The molecule has 0 spiro atoms. The van der Waals surface area contributed by atoms with Crippen molar-refractivity contribution in [3.8, 4) is 40.4 Å². The van der Waals surface area contributed by atoms with Gasteiger partial charge in [0.05, 0.1) is 7.57 Å². The maximum absolute atomic E-state index is 4.09. The number of fused-ring (bicyclic) bond motifs is 2. The predicted octanol–water partition coefficient (Wildman–Crippen LogP) is 25.3. The fourth-order valence-electron chi connectivity index (χ4n) is 10.5. The Kier molecular flexibility index (Phi) is 24.1. The Morgan fingerprint density at radius 3 is 0.929 bits per heavy atom. The fraction of sp³-hybridized carbons (Fsp3) is 0.581. The molecule has 0 unspecified atom stereocenters. The summed E-state index contributed by atoms with van der Waals surface area (Å²) in [6.45, 7) is 14.0. The van der Waals surface area contributed by atoms with Gasteiger partial charge in [0.15, 0.2) is 0 Å². The zero-order valence-electron chi connectivity index (χ0n) is 43.9. The van der Waals surface area contributed by atoms with E-state index in [1.807, 2.05) is 22.7 Å². The highest BCUT2D eigenvalue weighted by atomic mass is 79.9. The van der Waals surface area contributed by atoms with Crippen LogP contribution in [0.3, 0.4) is 0 Å². The maximum atomic E-state index is 4.09. The third kappa shape index (κ3) is 15.1. The van der Waals surface area contributed by atoms with Crippen LogP contribution in [0.15, 0.2) is 44.0 Å². The van der Waals surface area contributed by atoms with Gasteiger partial charge < -0.3 is 0 Å². The van der Waals surface area contributed by atoms with E-state index in [4.69, 9.17) is 0 Å². The van der Waals surface area contributed by atoms with Gasteiger partial charge in [-0.25, -0.2) is 0 Å². The average Bonchev–Trinajstić information content (AvgIpc) is 4.23. The molecule has 0 aliphatic rings. The normalized spacial score (nSPS) is 12.0. The van der Waals surface area contributed by atoms with Gasteiger partial charge in [0, 0.05) is 70.3 Å². The Hall–Kier alpha value is -1.10. The first-order valence-electron chi connectivity index (χ1n) is 28.2. The summed E-state index contributed by atoms with van der Waals surface area (Å²) in [5.74, 6) is 0. The lowest BCUT2D eigenvalue weighted by Gasteiger charge is -2.09. The van der Waals surface area contributed by atoms with Crippen LogP contribution in [-0.4, -0.2) is 0 Å². The van der Waals surface area contributed by atoms with Crippen LogP contribution in [0, 0.1) is 0 Å². The minimum absolute atomic E-state index is 1.16. The molecular weight excluding hydrogens is 1100 g/mol. The van der Waals surface area contributed by atoms with Crippen LogP contribution in [0.5, 0.6) is 0 Å². The van der Waals surface area contributed by atoms with E-state index in [-0.39, 0.29) is 0 Å². The van der Waals surface area contributed by atoms with E-state index in [9.17, 15) is 0 Å². The molecule has 6 aromatic heterocycles. The summed E-state index contributed by atoms with van der Waals surface area (Å²) in [7, 11) is 0. The van der Waals surface area contributed by atoms with Crippen molar-refractivity contribution in [3.63, 3.8) is 0 Å². The zero-order chi connectivity index (χ0) is 49.2. The fourth-order valence-corrected chi connectivity index (χ4v) is 19.3. The zero-order valence-corrected chi connectivity index (χ0v) is 52.0. The summed E-state index contributed by atoms with van der Waals surface area (Å²) in [6, 6.07) is 15.5. The van der Waals surface area contributed by atoms with E-state index in [1.165, 1.54) is 238 Å². The lowest BCUT2D eigenvalue weighted by molar-refractivity contribution is 0.654. The highest BCUT2D eigenvalue weighted by Crippen LogP contribution is 2.56. The van der Waals surface area contributed by atoms with Crippen LogP contribution in [-0.2, 0) is 38.5 Å². The SMILES string of the molecule is CCCCCCc1cc(-c2sc(-c3c4cc(Br)sc4c(-c4cc(CCCCCC)c(-c5cc(CCCCCC)c(CCCCCC)s5)s4)c4cc(Br)sc34)cc2CCCCCC)sc1CCCCCC. The van der Waals surface area contributed by atoms with Crippen LogP contribution in [0.25, 0.3) is 60.6 Å². The van der Waals surface area contributed by atoms with Crippen molar-refractivity contribution in [1.82, 2.24) is 0 Å². The lowest BCUT2D eigenvalue weighted by Crippen LogP contribution is -1.90. The van der Waals surface area contributed by atoms with Crippen LogP contribution < -0.4 is 0 Å². The van der Waals surface area contributed by atoms with Crippen LogP contribution >= 0.6 is 99.9 Å². The number of halogens is 2. The summed E-state index contributed by atoms with van der Waals surface area (Å²) in [4.78, 5) is 12.4. The number of rotatable bonds is 34. The molecule has 0 radical (unpaired) electrons. The Bertz CT molecular complexity index is 2350. The number of hydrogen-bond donors (Lipinski definition) is 0. The molecule has 8 heteroatoms. The third-order valence-electron chi connectivity index (χ3n) is 14.5. The number of unbranched alkanes of at least 4 members (excludes halogenated alkanes) is 18. The molecule has 0 bridgehead atoms. The second-order valence-electron chi connectivity index (χ2n) is 20.2. The van der Waals surface area contributed by atoms with Crippen LogP contribution in [0.2, 0.25) is 0 Å². The van der Waals surface area contributed by atoms with Gasteiger partial charge in [-0.3, -0.25) is 0 Å². The van der Waals surface area contributed by atoms with Crippen molar-refractivity contribution in [1.29, 1.82) is 0 Å². The molecule has 0 nitrogen and oxygen atoms in total. The van der Waals surface area contributed by atoms with Gasteiger partial charge in [-0.2, -0.15) is 0 Å². The standard InChI is InChI=1S/C62H84Br2S6/c1-7-13-19-25-31-43-37-53(65-49(43)35-29-23-17-11-5)59-45(33-27-21-15-9-3)39-51(67-59)57-47-41-55(63)70-62(47)58(48-42-56(64)69-61(48)57)52-40-46(34-28-22-16-10-4)60(68-52)54-38-44(32-26-20-14-8-2)50(66-54)36-30-24-18-12-6/h37-42H,7-36H2,1-6H3. The predicted molar refractivity (Wildman–Crippen MR) is 333 cm³/mol. The minimum atomic E-state index is 1.16. The Morgan fingerprint density at radius 1 is 0.300 bits per heavy atom. The molecule has 0 aliphatic carbocycles. The van der Waals surface area contributed by atoms with Gasteiger partial charge in [0.25, 0.3) is 0 Å². The number of aryl methyl sites for hydroxylation is 6. The quantitative estimate of drug-likeness (QED) is 0.0353. The summed E-state index contributed by atoms with van der Waals surface area (Å²) in [5, 5.41) is 2.83. The third-order valence-corrected chi connectivity index (χ3v) is 23.0. The highest BCUT2D eigenvalue weighted by molar-refractivity contribution is 9.11. The molecule has 1 aromatic carbocycles. The van der Waals surface area contributed by atoms with Crippen molar-refractivity contribution in [2.45, 2.75) is 234 Å². The van der Waals surface area contributed by atoms with E-state index in [0.29, 0.717) is 0 Å². The van der Waals surface area contributed by atoms with Crippen molar-refractivity contribution >= 4 is 120 Å². The molecule has 0 saturated carbocycles. The van der Waals surface area contributed by atoms with E-state index < -0.39 is 0 Å². The van der Waals surface area contributed by atoms with Crippen molar-refractivity contribution < 1.29 is 0 Å². The molecule has 0 atom stereocenters. The lowest BCUT2D eigenvalue weighted by atomic mass is 9.98. The molecule has 7 rings (SSSR count). The summed E-state index contributed by atoms with van der Waals surface area (Å²) < 4.78 is 5.33. The molecule has 7 aromatic rings. The van der Waals surface area contributed by atoms with Gasteiger partial charge in [-0.15, -0.1) is 68.0 Å². The molecule has 382 valence electrons. The first-order chi connectivity index (χ1) is 34.3. The first-order valence-corrected chi connectivity index (χ1v) is 34.6. The highest BCUT2D eigenvalue weighted by Gasteiger charge is 2.27. The first kappa shape index (κ1) is 56.6. The van der Waals surface area contributed by atoms with Crippen LogP contribution in [0.4, 0.5) is 0 Å².